The van der Waals surface area contributed by atoms with Gasteiger partial charge in [0.05, 0.1) is 12.5 Å². The summed E-state index contributed by atoms with van der Waals surface area (Å²) >= 11 is 0. The highest BCUT2D eigenvalue weighted by Gasteiger charge is 2.19. The third kappa shape index (κ3) is 15.1. The summed E-state index contributed by atoms with van der Waals surface area (Å²) < 4.78 is 0. The minimum absolute atomic E-state index is 0.00968. The second kappa shape index (κ2) is 14.9. The molecule has 2 N–H and O–H groups in total. The fraction of sp³-hybridized carbons (Fsp3) is 0.952. The molecule has 0 fully saturated rings. The number of hydrogen-bond acceptors (Lipinski definition) is 3. The zero-order chi connectivity index (χ0) is 18.3. The summed E-state index contributed by atoms with van der Waals surface area (Å²) in [5.41, 5.74) is -0.00968. The van der Waals surface area contributed by atoms with Crippen LogP contribution in [-0.4, -0.2) is 29.6 Å². The van der Waals surface area contributed by atoms with Crippen LogP contribution >= 0.6 is 0 Å². The van der Waals surface area contributed by atoms with Crippen LogP contribution in [0.2, 0.25) is 0 Å². The Hall–Kier alpha value is -0.410. The topological polar surface area (TPSA) is 49.3 Å². The van der Waals surface area contributed by atoms with Crippen LogP contribution in [0.3, 0.4) is 0 Å². The van der Waals surface area contributed by atoms with Crippen molar-refractivity contribution in [3.63, 3.8) is 0 Å². The van der Waals surface area contributed by atoms with E-state index in [1.807, 2.05) is 0 Å². The van der Waals surface area contributed by atoms with Gasteiger partial charge in [-0.25, -0.2) is 0 Å². The van der Waals surface area contributed by atoms with E-state index < -0.39 is 0 Å². The van der Waals surface area contributed by atoms with Gasteiger partial charge in [-0.3, -0.25) is 4.79 Å². The van der Waals surface area contributed by atoms with Gasteiger partial charge in [0.25, 0.3) is 0 Å². The first-order valence-electron chi connectivity index (χ1n) is 10.3. The van der Waals surface area contributed by atoms with Gasteiger partial charge in [0, 0.05) is 18.5 Å². The molecule has 1 atom stereocenters. The molecule has 144 valence electrons. The summed E-state index contributed by atoms with van der Waals surface area (Å²) in [6.07, 6.45) is 14.9. The Bertz CT molecular complexity index is 297. The molecule has 3 nitrogen and oxygen atoms in total. The number of aliphatic hydroxyl groups excluding tert-OH is 1. The summed E-state index contributed by atoms with van der Waals surface area (Å²) in [5.74, 6) is -0.0301. The number of nitrogens with one attached hydrogen (secondary N) is 1. The maximum absolute atomic E-state index is 12.2. The SMILES string of the molecule is CCCCCCCCCCCCCC(=O)C(CO)CNC(C)(C)C. The lowest BCUT2D eigenvalue weighted by Crippen LogP contribution is -2.42. The Balaban J connectivity index is 3.53. The number of aliphatic hydroxyl groups is 1. The lowest BCUT2D eigenvalue weighted by atomic mass is 9.97. The van der Waals surface area contributed by atoms with E-state index in [1.165, 1.54) is 57.8 Å². The number of hydrogen-bond donors (Lipinski definition) is 2. The third-order valence-electron chi connectivity index (χ3n) is 4.58. The average molecular weight is 342 g/mol. The van der Waals surface area contributed by atoms with E-state index in [0.29, 0.717) is 13.0 Å². The summed E-state index contributed by atoms with van der Waals surface area (Å²) in [6, 6.07) is 0. The van der Waals surface area contributed by atoms with E-state index >= 15 is 0 Å². The molecule has 0 aliphatic heterocycles. The van der Waals surface area contributed by atoms with Crippen molar-refractivity contribution >= 4 is 5.78 Å². The molecular formula is C21H43NO2. The Labute approximate surface area is 151 Å². The first kappa shape index (κ1) is 23.6. The minimum Gasteiger partial charge on any atom is -0.396 e. The molecule has 0 aromatic heterocycles. The number of ketones is 1. The molecule has 0 amide bonds. The molecule has 0 saturated carbocycles. The number of carbonyl (C=O) groups excluding carboxylic acids is 1. The highest BCUT2D eigenvalue weighted by molar-refractivity contribution is 5.81. The predicted molar refractivity (Wildman–Crippen MR) is 104 cm³/mol. The Morgan fingerprint density at radius 3 is 1.75 bits per heavy atom. The number of rotatable bonds is 16. The molecule has 24 heavy (non-hydrogen) atoms. The van der Waals surface area contributed by atoms with Crippen molar-refractivity contribution in [3.8, 4) is 0 Å². The van der Waals surface area contributed by atoms with Crippen LogP contribution in [0, 0.1) is 5.92 Å². The van der Waals surface area contributed by atoms with Crippen molar-refractivity contribution in [2.24, 2.45) is 5.92 Å². The largest absolute Gasteiger partial charge is 0.396 e. The number of carbonyl (C=O) groups is 1. The summed E-state index contributed by atoms with van der Waals surface area (Å²) in [4.78, 5) is 12.2. The Kier molecular flexibility index (Phi) is 14.6. The normalized spacial score (nSPS) is 13.2. The van der Waals surface area contributed by atoms with Crippen molar-refractivity contribution in [1.82, 2.24) is 5.32 Å². The van der Waals surface area contributed by atoms with Crippen LogP contribution < -0.4 is 5.32 Å². The van der Waals surface area contributed by atoms with Crippen LogP contribution in [-0.2, 0) is 4.79 Å². The van der Waals surface area contributed by atoms with Gasteiger partial charge in [0.2, 0.25) is 0 Å². The highest BCUT2D eigenvalue weighted by Crippen LogP contribution is 2.13. The molecule has 0 bridgehead atoms. The molecule has 0 aliphatic carbocycles. The van der Waals surface area contributed by atoms with Crippen LogP contribution in [0.15, 0.2) is 0 Å². The van der Waals surface area contributed by atoms with E-state index in [9.17, 15) is 9.90 Å². The lowest BCUT2D eigenvalue weighted by molar-refractivity contribution is -0.124. The van der Waals surface area contributed by atoms with Gasteiger partial charge < -0.3 is 10.4 Å². The standard InChI is InChI=1S/C21H43NO2/c1-5-6-7-8-9-10-11-12-13-14-15-16-20(24)19(18-23)17-22-21(2,3)4/h19,22-23H,5-18H2,1-4H3. The van der Waals surface area contributed by atoms with E-state index in [1.54, 1.807) is 0 Å². The van der Waals surface area contributed by atoms with Gasteiger partial charge >= 0.3 is 0 Å². The Morgan fingerprint density at radius 2 is 1.33 bits per heavy atom. The average Bonchev–Trinajstić information content (AvgIpc) is 2.52. The third-order valence-corrected chi connectivity index (χ3v) is 4.58. The molecule has 0 aromatic rings. The molecule has 0 radical (unpaired) electrons. The van der Waals surface area contributed by atoms with Gasteiger partial charge in [0.15, 0.2) is 0 Å². The second-order valence-corrected chi connectivity index (χ2v) is 8.26. The summed E-state index contributed by atoms with van der Waals surface area (Å²) in [7, 11) is 0. The van der Waals surface area contributed by atoms with E-state index in [2.05, 4.69) is 33.0 Å². The van der Waals surface area contributed by atoms with Crippen molar-refractivity contribution in [2.75, 3.05) is 13.2 Å². The summed E-state index contributed by atoms with van der Waals surface area (Å²) in [5, 5.41) is 12.7. The number of unbranched alkanes of at least 4 members (excludes halogenated alkanes) is 10. The molecule has 3 heteroatoms. The van der Waals surface area contributed by atoms with Crippen molar-refractivity contribution in [2.45, 2.75) is 110 Å². The first-order valence-corrected chi connectivity index (χ1v) is 10.3. The summed E-state index contributed by atoms with van der Waals surface area (Å²) in [6.45, 7) is 9.03. The van der Waals surface area contributed by atoms with Gasteiger partial charge in [0.1, 0.15) is 5.78 Å². The maximum Gasteiger partial charge on any atom is 0.139 e. The fourth-order valence-electron chi connectivity index (χ4n) is 2.88. The smallest absolute Gasteiger partial charge is 0.139 e. The van der Waals surface area contributed by atoms with Gasteiger partial charge in [-0.1, -0.05) is 71.1 Å². The van der Waals surface area contributed by atoms with Crippen LogP contribution in [0.1, 0.15) is 105 Å². The van der Waals surface area contributed by atoms with Gasteiger partial charge in [-0.15, -0.1) is 0 Å². The van der Waals surface area contributed by atoms with Crippen molar-refractivity contribution in [3.05, 3.63) is 0 Å². The quantitative estimate of drug-likeness (QED) is 0.377. The van der Waals surface area contributed by atoms with Crippen LogP contribution in [0.25, 0.3) is 0 Å². The van der Waals surface area contributed by atoms with E-state index in [0.717, 1.165) is 12.8 Å². The highest BCUT2D eigenvalue weighted by atomic mass is 16.3. The monoisotopic (exact) mass is 341 g/mol. The molecule has 0 spiro atoms. The zero-order valence-electron chi connectivity index (χ0n) is 16.8. The van der Waals surface area contributed by atoms with Crippen molar-refractivity contribution < 1.29 is 9.90 Å². The number of Topliss-reactive ketones (excluding diaryl/α,β-unsaturated/α-hetero) is 1. The molecule has 0 rings (SSSR count). The maximum atomic E-state index is 12.2. The second-order valence-electron chi connectivity index (χ2n) is 8.26. The molecule has 1 unspecified atom stereocenters. The fourth-order valence-corrected chi connectivity index (χ4v) is 2.88. The lowest BCUT2D eigenvalue weighted by Gasteiger charge is -2.23. The van der Waals surface area contributed by atoms with Crippen LogP contribution in [0.5, 0.6) is 0 Å². The molecule has 0 aromatic carbocycles. The van der Waals surface area contributed by atoms with Crippen LogP contribution in [0.4, 0.5) is 0 Å². The van der Waals surface area contributed by atoms with Crippen molar-refractivity contribution in [1.29, 1.82) is 0 Å². The van der Waals surface area contributed by atoms with E-state index in [4.69, 9.17) is 0 Å². The predicted octanol–water partition coefficient (Wildman–Crippen LogP) is 5.25. The molecule has 0 aliphatic rings. The van der Waals surface area contributed by atoms with E-state index in [-0.39, 0.29) is 23.8 Å². The Morgan fingerprint density at radius 1 is 0.875 bits per heavy atom. The first-order chi connectivity index (χ1) is 11.4. The minimum atomic E-state index is -0.243. The van der Waals surface area contributed by atoms with Gasteiger partial charge in [-0.05, 0) is 27.2 Å². The molecule has 0 heterocycles. The molecular weight excluding hydrogens is 298 g/mol. The molecule has 0 saturated heterocycles. The van der Waals surface area contributed by atoms with Gasteiger partial charge in [-0.2, -0.15) is 0 Å². The zero-order valence-corrected chi connectivity index (χ0v) is 16.8.